The first-order chi connectivity index (χ1) is 8.20. The molecule has 1 N–H and O–H groups in total. The van der Waals surface area contributed by atoms with Crippen molar-refractivity contribution < 1.29 is 19.4 Å². The van der Waals surface area contributed by atoms with Crippen LogP contribution >= 0.6 is 0 Å². The molecule has 0 amide bonds. The molecule has 2 unspecified atom stereocenters. The van der Waals surface area contributed by atoms with E-state index < -0.39 is 11.4 Å². The zero-order valence-electron chi connectivity index (χ0n) is 10.5. The van der Waals surface area contributed by atoms with Crippen molar-refractivity contribution in [2.75, 3.05) is 19.8 Å². The summed E-state index contributed by atoms with van der Waals surface area (Å²) in [7, 11) is 0. The van der Waals surface area contributed by atoms with Gasteiger partial charge in [0.2, 0.25) is 0 Å². The highest BCUT2D eigenvalue weighted by Crippen LogP contribution is 2.50. The number of aliphatic carboxylic acids is 1. The predicted molar refractivity (Wildman–Crippen MR) is 62.9 cm³/mol. The molecule has 17 heavy (non-hydrogen) atoms. The van der Waals surface area contributed by atoms with Crippen molar-refractivity contribution in [2.45, 2.75) is 45.1 Å². The highest BCUT2D eigenvalue weighted by Gasteiger charge is 2.55. The van der Waals surface area contributed by atoms with E-state index in [0.717, 1.165) is 19.3 Å². The van der Waals surface area contributed by atoms with Crippen molar-refractivity contribution >= 4 is 5.97 Å². The quantitative estimate of drug-likeness (QED) is 0.694. The minimum atomic E-state index is -0.677. The summed E-state index contributed by atoms with van der Waals surface area (Å²) in [6.45, 7) is 3.91. The van der Waals surface area contributed by atoms with Crippen LogP contribution in [0, 0.1) is 11.3 Å². The molecule has 0 aromatic heterocycles. The molecule has 0 aromatic carbocycles. The number of carboxylic acid groups (broad SMARTS) is 1. The molecular weight excluding hydrogens is 220 g/mol. The molecule has 2 rings (SSSR count). The lowest BCUT2D eigenvalue weighted by atomic mass is 9.75. The fourth-order valence-electron chi connectivity index (χ4n) is 2.89. The van der Waals surface area contributed by atoms with Gasteiger partial charge in [0.25, 0.3) is 0 Å². The van der Waals surface area contributed by atoms with E-state index in [1.165, 1.54) is 0 Å². The fraction of sp³-hybridized carbons (Fsp3) is 0.923. The van der Waals surface area contributed by atoms with Crippen LogP contribution in [0.5, 0.6) is 0 Å². The summed E-state index contributed by atoms with van der Waals surface area (Å²) in [5.74, 6) is -0.191. The van der Waals surface area contributed by atoms with Crippen LogP contribution in [0.2, 0.25) is 0 Å². The number of hydrogen-bond donors (Lipinski definition) is 1. The van der Waals surface area contributed by atoms with Crippen LogP contribution in [0.25, 0.3) is 0 Å². The van der Waals surface area contributed by atoms with Gasteiger partial charge in [-0.15, -0.1) is 0 Å². The van der Waals surface area contributed by atoms with Crippen molar-refractivity contribution in [1.29, 1.82) is 0 Å². The van der Waals surface area contributed by atoms with Gasteiger partial charge in [0.05, 0.1) is 11.5 Å². The first kappa shape index (κ1) is 12.8. The van der Waals surface area contributed by atoms with Crippen LogP contribution in [0.3, 0.4) is 0 Å². The molecule has 0 aromatic rings. The van der Waals surface area contributed by atoms with Gasteiger partial charge in [0.1, 0.15) is 0 Å². The average molecular weight is 242 g/mol. The van der Waals surface area contributed by atoms with Crippen LogP contribution < -0.4 is 0 Å². The van der Waals surface area contributed by atoms with E-state index >= 15 is 0 Å². The fourth-order valence-corrected chi connectivity index (χ4v) is 2.89. The Labute approximate surface area is 102 Å². The van der Waals surface area contributed by atoms with Gasteiger partial charge in [0, 0.05) is 19.8 Å². The highest BCUT2D eigenvalue weighted by molar-refractivity contribution is 5.76. The van der Waals surface area contributed by atoms with Crippen LogP contribution in [0.1, 0.15) is 39.0 Å². The SMILES string of the molecule is CCOCCCC1(C(=O)O)CCOC1C1CC1. The Morgan fingerprint density at radius 2 is 2.29 bits per heavy atom. The first-order valence-electron chi connectivity index (χ1n) is 6.63. The van der Waals surface area contributed by atoms with Crippen molar-refractivity contribution in [1.82, 2.24) is 0 Å². The minimum Gasteiger partial charge on any atom is -0.481 e. The summed E-state index contributed by atoms with van der Waals surface area (Å²) < 4.78 is 11.0. The van der Waals surface area contributed by atoms with Crippen LogP contribution in [0.4, 0.5) is 0 Å². The van der Waals surface area contributed by atoms with E-state index in [9.17, 15) is 9.90 Å². The second kappa shape index (κ2) is 5.36. The molecule has 1 saturated heterocycles. The second-order valence-electron chi connectivity index (χ2n) is 5.14. The van der Waals surface area contributed by atoms with E-state index in [1.807, 2.05) is 6.92 Å². The molecule has 2 atom stereocenters. The topological polar surface area (TPSA) is 55.8 Å². The van der Waals surface area contributed by atoms with Crippen LogP contribution in [-0.2, 0) is 14.3 Å². The molecule has 1 aliphatic carbocycles. The van der Waals surface area contributed by atoms with Gasteiger partial charge >= 0.3 is 5.97 Å². The summed E-state index contributed by atoms with van der Waals surface area (Å²) >= 11 is 0. The van der Waals surface area contributed by atoms with E-state index in [1.54, 1.807) is 0 Å². The van der Waals surface area contributed by atoms with Gasteiger partial charge in [0.15, 0.2) is 0 Å². The van der Waals surface area contributed by atoms with Crippen molar-refractivity contribution in [3.05, 3.63) is 0 Å². The summed E-state index contributed by atoms with van der Waals surface area (Å²) in [5, 5.41) is 9.55. The van der Waals surface area contributed by atoms with Gasteiger partial charge in [-0.05, 0) is 44.9 Å². The average Bonchev–Trinajstić information content (AvgIpc) is 3.05. The van der Waals surface area contributed by atoms with Crippen LogP contribution in [-0.4, -0.2) is 37.0 Å². The third-order valence-corrected chi connectivity index (χ3v) is 3.98. The normalized spacial score (nSPS) is 32.9. The lowest BCUT2D eigenvalue weighted by molar-refractivity contribution is -0.154. The number of carbonyl (C=O) groups is 1. The maximum atomic E-state index is 11.6. The zero-order chi connectivity index (χ0) is 12.3. The molecular formula is C13H22O4. The molecule has 1 heterocycles. The third-order valence-electron chi connectivity index (χ3n) is 3.98. The molecule has 0 bridgehead atoms. The lowest BCUT2D eigenvalue weighted by Crippen LogP contribution is -2.40. The first-order valence-corrected chi connectivity index (χ1v) is 6.63. The van der Waals surface area contributed by atoms with Crippen LogP contribution in [0.15, 0.2) is 0 Å². The Kier molecular flexibility index (Phi) is 4.05. The van der Waals surface area contributed by atoms with E-state index in [2.05, 4.69) is 0 Å². The zero-order valence-corrected chi connectivity index (χ0v) is 10.5. The minimum absolute atomic E-state index is 0.0540. The van der Waals surface area contributed by atoms with E-state index in [-0.39, 0.29) is 6.10 Å². The second-order valence-corrected chi connectivity index (χ2v) is 5.14. The van der Waals surface area contributed by atoms with E-state index in [0.29, 0.717) is 38.6 Å². The Morgan fingerprint density at radius 3 is 2.88 bits per heavy atom. The highest BCUT2D eigenvalue weighted by atomic mass is 16.5. The van der Waals surface area contributed by atoms with Gasteiger partial charge in [-0.2, -0.15) is 0 Å². The Hall–Kier alpha value is -0.610. The van der Waals surface area contributed by atoms with Gasteiger partial charge in [-0.3, -0.25) is 4.79 Å². The molecule has 2 aliphatic rings. The summed E-state index contributed by atoms with van der Waals surface area (Å²) in [6, 6.07) is 0. The number of ether oxygens (including phenoxy) is 2. The number of hydrogen-bond acceptors (Lipinski definition) is 3. The molecule has 1 saturated carbocycles. The maximum absolute atomic E-state index is 11.6. The number of rotatable bonds is 7. The monoisotopic (exact) mass is 242 g/mol. The Balaban J connectivity index is 1.95. The van der Waals surface area contributed by atoms with Crippen molar-refractivity contribution in [2.24, 2.45) is 11.3 Å². The Morgan fingerprint density at radius 1 is 1.53 bits per heavy atom. The van der Waals surface area contributed by atoms with Gasteiger partial charge in [-0.25, -0.2) is 0 Å². The van der Waals surface area contributed by atoms with Crippen molar-refractivity contribution in [3.63, 3.8) is 0 Å². The van der Waals surface area contributed by atoms with Gasteiger partial charge < -0.3 is 14.6 Å². The molecule has 0 spiro atoms. The van der Waals surface area contributed by atoms with Crippen molar-refractivity contribution in [3.8, 4) is 0 Å². The largest absolute Gasteiger partial charge is 0.481 e. The van der Waals surface area contributed by atoms with E-state index in [4.69, 9.17) is 9.47 Å². The summed E-state index contributed by atoms with van der Waals surface area (Å²) in [6.07, 6.45) is 4.36. The smallest absolute Gasteiger partial charge is 0.312 e. The molecule has 2 fully saturated rings. The Bertz CT molecular complexity index is 275. The third kappa shape index (κ3) is 2.63. The molecule has 0 radical (unpaired) electrons. The molecule has 4 nitrogen and oxygen atoms in total. The summed E-state index contributed by atoms with van der Waals surface area (Å²) in [5.41, 5.74) is -0.641. The number of carboxylic acids is 1. The lowest BCUT2D eigenvalue weighted by Gasteiger charge is -2.29. The predicted octanol–water partition coefficient (Wildman–Crippen LogP) is 2.07. The molecule has 1 aliphatic heterocycles. The molecule has 98 valence electrons. The summed E-state index contributed by atoms with van der Waals surface area (Å²) in [4.78, 5) is 11.6. The standard InChI is InChI=1S/C13H22O4/c1-2-16-8-3-6-13(12(14)15)7-9-17-11(13)10-4-5-10/h10-11H,2-9H2,1H3,(H,14,15). The molecule has 4 heteroatoms. The maximum Gasteiger partial charge on any atom is 0.312 e. The van der Waals surface area contributed by atoms with Gasteiger partial charge in [-0.1, -0.05) is 0 Å².